The van der Waals surface area contributed by atoms with Crippen LogP contribution >= 0.6 is 11.6 Å². The zero-order valence-electron chi connectivity index (χ0n) is 10.9. The van der Waals surface area contributed by atoms with Gasteiger partial charge in [-0.15, -0.1) is 5.10 Å². The molecule has 6 heteroatoms. The molecule has 4 N–H and O–H groups in total. The number of rotatable bonds is 3. The number of hydrogen-bond acceptors (Lipinski definition) is 3. The molecule has 0 bridgehead atoms. The quantitative estimate of drug-likeness (QED) is 0.503. The molecule has 1 aromatic rings. The van der Waals surface area contributed by atoms with E-state index in [1.807, 2.05) is 13.0 Å². The van der Waals surface area contributed by atoms with E-state index in [2.05, 4.69) is 21.2 Å². The lowest BCUT2D eigenvalue weighted by Crippen LogP contribution is -2.21. The topological polar surface area (TPSA) is 80.0 Å². The van der Waals surface area contributed by atoms with Crippen molar-refractivity contribution in [2.75, 3.05) is 18.0 Å². The molecule has 0 aliphatic carbocycles. The van der Waals surface area contributed by atoms with E-state index < -0.39 is 0 Å². The summed E-state index contributed by atoms with van der Waals surface area (Å²) >= 11 is 6.36. The average Bonchev–Trinajstić information content (AvgIpc) is 2.88. The van der Waals surface area contributed by atoms with E-state index in [0.717, 1.165) is 24.2 Å². The molecule has 1 heterocycles. The van der Waals surface area contributed by atoms with Crippen LogP contribution < -0.4 is 16.4 Å². The lowest BCUT2D eigenvalue weighted by atomic mass is 10.1. The molecule has 1 aromatic carbocycles. The molecule has 1 fully saturated rings. The van der Waals surface area contributed by atoms with Crippen LogP contribution in [0.3, 0.4) is 0 Å². The molecule has 102 valence electrons. The summed E-state index contributed by atoms with van der Waals surface area (Å²) in [5, 5.41) is 8.04. The van der Waals surface area contributed by atoms with Gasteiger partial charge in [-0.3, -0.25) is 0 Å². The highest BCUT2D eigenvalue weighted by atomic mass is 35.5. The van der Waals surface area contributed by atoms with Crippen LogP contribution in [0.15, 0.2) is 22.3 Å². The summed E-state index contributed by atoms with van der Waals surface area (Å²) in [6, 6.07) is 4.01. The molecular formula is C13H18ClN5. The summed E-state index contributed by atoms with van der Waals surface area (Å²) in [7, 11) is 0. The number of nitrogens with zero attached hydrogens (tertiary/aromatic N) is 3. The van der Waals surface area contributed by atoms with Crippen molar-refractivity contribution in [2.45, 2.75) is 19.8 Å². The molecule has 0 unspecified atom stereocenters. The smallest absolute Gasteiger partial charge is 0.211 e. The number of hydrogen-bond donors (Lipinski definition) is 2. The predicted molar refractivity (Wildman–Crippen MR) is 81.0 cm³/mol. The van der Waals surface area contributed by atoms with Gasteiger partial charge in [0.25, 0.3) is 0 Å². The molecule has 0 radical (unpaired) electrons. The van der Waals surface area contributed by atoms with Gasteiger partial charge in [0.2, 0.25) is 5.96 Å². The molecular weight excluding hydrogens is 262 g/mol. The average molecular weight is 280 g/mol. The first-order valence-corrected chi connectivity index (χ1v) is 6.63. The summed E-state index contributed by atoms with van der Waals surface area (Å²) in [4.78, 5) is 2.36. The second kappa shape index (κ2) is 5.93. The Kier molecular flexibility index (Phi) is 4.27. The zero-order valence-corrected chi connectivity index (χ0v) is 11.7. The monoisotopic (exact) mass is 279 g/mol. The summed E-state index contributed by atoms with van der Waals surface area (Å²) < 4.78 is 0. The highest BCUT2D eigenvalue weighted by Crippen LogP contribution is 2.31. The summed E-state index contributed by atoms with van der Waals surface area (Å²) in [6.07, 6.45) is 4.04. The van der Waals surface area contributed by atoms with Gasteiger partial charge >= 0.3 is 0 Å². The fraction of sp³-hybridized carbons (Fsp3) is 0.385. The number of nitrogens with two attached hydrogens (primary N) is 2. The van der Waals surface area contributed by atoms with E-state index in [4.69, 9.17) is 23.1 Å². The third-order valence-electron chi connectivity index (χ3n) is 3.20. The lowest BCUT2D eigenvalue weighted by molar-refractivity contribution is 0.949. The Morgan fingerprint density at radius 2 is 2.00 bits per heavy atom. The normalized spacial score (nSPS) is 15.2. The van der Waals surface area contributed by atoms with Gasteiger partial charge in [0.05, 0.1) is 11.2 Å². The van der Waals surface area contributed by atoms with E-state index in [9.17, 15) is 0 Å². The first-order chi connectivity index (χ1) is 9.09. The Morgan fingerprint density at radius 3 is 2.63 bits per heavy atom. The van der Waals surface area contributed by atoms with Gasteiger partial charge in [-0.05, 0) is 37.5 Å². The number of halogens is 1. The van der Waals surface area contributed by atoms with Gasteiger partial charge in [-0.25, -0.2) is 0 Å². The number of anilines is 1. The van der Waals surface area contributed by atoms with Crippen LogP contribution in [0.1, 0.15) is 24.0 Å². The minimum absolute atomic E-state index is 0.0715. The molecule has 0 amide bonds. The van der Waals surface area contributed by atoms with Crippen molar-refractivity contribution in [1.82, 2.24) is 0 Å². The van der Waals surface area contributed by atoms with Crippen LogP contribution in [0.5, 0.6) is 0 Å². The molecule has 0 atom stereocenters. The predicted octanol–water partition coefficient (Wildman–Crippen LogP) is 1.86. The zero-order chi connectivity index (χ0) is 13.8. The van der Waals surface area contributed by atoms with Gasteiger partial charge in [0, 0.05) is 24.3 Å². The molecule has 19 heavy (non-hydrogen) atoms. The highest BCUT2D eigenvalue weighted by Gasteiger charge is 2.16. The molecule has 0 saturated carbocycles. The largest absolute Gasteiger partial charge is 0.371 e. The van der Waals surface area contributed by atoms with E-state index in [1.165, 1.54) is 18.5 Å². The Morgan fingerprint density at radius 1 is 1.32 bits per heavy atom. The Labute approximate surface area is 117 Å². The van der Waals surface area contributed by atoms with Crippen molar-refractivity contribution < 1.29 is 0 Å². The van der Waals surface area contributed by atoms with Gasteiger partial charge in [0.1, 0.15) is 0 Å². The first-order valence-electron chi connectivity index (χ1n) is 6.25. The molecule has 1 aliphatic heterocycles. The van der Waals surface area contributed by atoms with Crippen molar-refractivity contribution in [3.8, 4) is 0 Å². The Balaban J connectivity index is 2.26. The molecule has 2 rings (SSSR count). The second-order valence-electron chi connectivity index (χ2n) is 4.58. The van der Waals surface area contributed by atoms with Crippen LogP contribution in [-0.4, -0.2) is 25.3 Å². The molecule has 0 spiro atoms. The van der Waals surface area contributed by atoms with Gasteiger partial charge in [-0.1, -0.05) is 11.6 Å². The van der Waals surface area contributed by atoms with Crippen LogP contribution in [0.2, 0.25) is 5.02 Å². The molecule has 0 aromatic heterocycles. The maximum absolute atomic E-state index is 6.36. The van der Waals surface area contributed by atoms with Gasteiger partial charge < -0.3 is 16.4 Å². The third kappa shape index (κ3) is 3.17. The van der Waals surface area contributed by atoms with Crippen molar-refractivity contribution in [3.63, 3.8) is 0 Å². The Bertz CT molecular complexity index is 514. The van der Waals surface area contributed by atoms with Crippen LogP contribution in [0, 0.1) is 6.92 Å². The summed E-state index contributed by atoms with van der Waals surface area (Å²) in [5.41, 5.74) is 13.5. The molecule has 1 saturated heterocycles. The first kappa shape index (κ1) is 13.7. The van der Waals surface area contributed by atoms with E-state index >= 15 is 0 Å². The van der Waals surface area contributed by atoms with E-state index in [0.29, 0.717) is 5.02 Å². The fourth-order valence-electron chi connectivity index (χ4n) is 2.25. The van der Waals surface area contributed by atoms with E-state index in [-0.39, 0.29) is 5.96 Å². The van der Waals surface area contributed by atoms with Gasteiger partial charge in [-0.2, -0.15) is 5.10 Å². The SMILES string of the molecule is Cc1c(N2CCCC2)ccc(C=NN=C(N)N)c1Cl. The van der Waals surface area contributed by atoms with Crippen molar-refractivity contribution in [1.29, 1.82) is 0 Å². The van der Waals surface area contributed by atoms with Gasteiger partial charge in [0.15, 0.2) is 0 Å². The maximum atomic E-state index is 6.36. The third-order valence-corrected chi connectivity index (χ3v) is 3.71. The number of guanidine groups is 1. The van der Waals surface area contributed by atoms with Crippen LogP contribution in [0.4, 0.5) is 5.69 Å². The maximum Gasteiger partial charge on any atom is 0.211 e. The summed E-state index contributed by atoms with van der Waals surface area (Å²) in [5.74, 6) is -0.0715. The fourth-order valence-corrected chi connectivity index (χ4v) is 2.46. The van der Waals surface area contributed by atoms with E-state index in [1.54, 1.807) is 6.21 Å². The molecule has 1 aliphatic rings. The van der Waals surface area contributed by atoms with Crippen LogP contribution in [0.25, 0.3) is 0 Å². The summed E-state index contributed by atoms with van der Waals surface area (Å²) in [6.45, 7) is 4.21. The standard InChI is InChI=1S/C13H18ClN5/c1-9-11(19-6-2-3-7-19)5-4-10(12(9)14)8-17-18-13(15)16/h4-5,8H,2-3,6-7H2,1H3,(H4,15,16,18). The lowest BCUT2D eigenvalue weighted by Gasteiger charge is -2.21. The highest BCUT2D eigenvalue weighted by molar-refractivity contribution is 6.34. The Hall–Kier alpha value is -1.75. The number of benzene rings is 1. The minimum Gasteiger partial charge on any atom is -0.371 e. The van der Waals surface area contributed by atoms with Crippen molar-refractivity contribution in [2.24, 2.45) is 21.7 Å². The van der Waals surface area contributed by atoms with Crippen LogP contribution in [-0.2, 0) is 0 Å². The molecule has 5 nitrogen and oxygen atoms in total. The minimum atomic E-state index is -0.0715. The van der Waals surface area contributed by atoms with Crippen molar-refractivity contribution in [3.05, 3.63) is 28.3 Å². The van der Waals surface area contributed by atoms with Crippen molar-refractivity contribution >= 4 is 29.5 Å². The second-order valence-corrected chi connectivity index (χ2v) is 4.95.